The number of hydrogen-bond donors (Lipinski definition) is 3. The summed E-state index contributed by atoms with van der Waals surface area (Å²) in [6.45, 7) is 1.02. The molecule has 3 N–H and O–H groups in total. The van der Waals surface area contributed by atoms with Crippen LogP contribution >= 0.6 is 0 Å². The van der Waals surface area contributed by atoms with Crippen molar-refractivity contribution < 1.29 is 20.1 Å². The highest BCUT2D eigenvalue weighted by Gasteiger charge is 2.21. The van der Waals surface area contributed by atoms with Crippen molar-refractivity contribution in [1.29, 1.82) is 0 Å². The summed E-state index contributed by atoms with van der Waals surface area (Å²) in [5, 5.41) is 42.6. The van der Waals surface area contributed by atoms with E-state index in [1.165, 1.54) is 19.1 Å². The summed E-state index contributed by atoms with van der Waals surface area (Å²) in [6, 6.07) is 3.35. The predicted molar refractivity (Wildman–Crippen MR) is 69.2 cm³/mol. The standard InChI is InChI=1S/C11H15N3O6/c1-11(16,7-15)6-12-5-8-2-3-9(13(17)18)4-10(8)14(19)20/h2-4,12,15-16H,5-7H2,1H3. The molecule has 0 fully saturated rings. The fourth-order valence-electron chi connectivity index (χ4n) is 1.51. The summed E-state index contributed by atoms with van der Waals surface area (Å²) in [7, 11) is 0. The van der Waals surface area contributed by atoms with Gasteiger partial charge in [0.2, 0.25) is 0 Å². The van der Waals surface area contributed by atoms with Crippen molar-refractivity contribution in [2.75, 3.05) is 13.2 Å². The van der Waals surface area contributed by atoms with Crippen molar-refractivity contribution in [1.82, 2.24) is 5.32 Å². The molecule has 0 amide bonds. The Kier molecular flexibility index (Phi) is 5.08. The van der Waals surface area contributed by atoms with Crippen LogP contribution in [0.3, 0.4) is 0 Å². The highest BCUT2D eigenvalue weighted by Crippen LogP contribution is 2.24. The molecular formula is C11H15N3O6. The van der Waals surface area contributed by atoms with Crippen molar-refractivity contribution in [3.05, 3.63) is 44.0 Å². The Balaban J connectivity index is 2.85. The van der Waals surface area contributed by atoms with Gasteiger partial charge in [-0.25, -0.2) is 0 Å². The minimum Gasteiger partial charge on any atom is -0.393 e. The molecule has 9 nitrogen and oxygen atoms in total. The molecular weight excluding hydrogens is 270 g/mol. The summed E-state index contributed by atoms with van der Waals surface area (Å²) in [4.78, 5) is 20.0. The van der Waals surface area contributed by atoms with Crippen LogP contribution in [0.25, 0.3) is 0 Å². The Morgan fingerprint density at radius 3 is 2.45 bits per heavy atom. The van der Waals surface area contributed by atoms with Crippen molar-refractivity contribution in [2.24, 2.45) is 0 Å². The van der Waals surface area contributed by atoms with Crippen LogP contribution < -0.4 is 5.32 Å². The first-order valence-corrected chi connectivity index (χ1v) is 5.72. The second kappa shape index (κ2) is 6.37. The van der Waals surface area contributed by atoms with E-state index < -0.39 is 22.1 Å². The molecule has 0 aromatic heterocycles. The number of hydrogen-bond acceptors (Lipinski definition) is 7. The number of benzene rings is 1. The number of nitro groups is 2. The van der Waals surface area contributed by atoms with Gasteiger partial charge in [-0.1, -0.05) is 0 Å². The Morgan fingerprint density at radius 1 is 1.30 bits per heavy atom. The summed E-state index contributed by atoms with van der Waals surface area (Å²) >= 11 is 0. The summed E-state index contributed by atoms with van der Waals surface area (Å²) in [6.07, 6.45) is 0. The lowest BCUT2D eigenvalue weighted by Gasteiger charge is -2.20. The third-order valence-electron chi connectivity index (χ3n) is 2.64. The van der Waals surface area contributed by atoms with Gasteiger partial charge >= 0.3 is 0 Å². The number of nitrogens with one attached hydrogen (secondary N) is 1. The topological polar surface area (TPSA) is 139 Å². The van der Waals surface area contributed by atoms with E-state index >= 15 is 0 Å². The molecule has 0 saturated heterocycles. The molecule has 1 unspecified atom stereocenters. The molecule has 0 aliphatic rings. The molecule has 0 radical (unpaired) electrons. The van der Waals surface area contributed by atoms with E-state index in [1.807, 2.05) is 0 Å². The minimum absolute atomic E-state index is 0.0254. The Labute approximate surface area is 114 Å². The maximum Gasteiger partial charge on any atom is 0.280 e. The van der Waals surface area contributed by atoms with E-state index in [1.54, 1.807) is 0 Å². The number of aliphatic hydroxyl groups is 2. The van der Waals surface area contributed by atoms with E-state index in [9.17, 15) is 25.3 Å². The first-order chi connectivity index (χ1) is 9.26. The fraction of sp³-hybridized carbons (Fsp3) is 0.455. The smallest absolute Gasteiger partial charge is 0.280 e. The summed E-state index contributed by atoms with van der Waals surface area (Å²) in [5.74, 6) is 0. The largest absolute Gasteiger partial charge is 0.393 e. The lowest BCUT2D eigenvalue weighted by Crippen LogP contribution is -2.40. The number of aliphatic hydroxyl groups excluding tert-OH is 1. The van der Waals surface area contributed by atoms with Gasteiger partial charge in [-0.2, -0.15) is 0 Å². The van der Waals surface area contributed by atoms with E-state index in [-0.39, 0.29) is 30.0 Å². The minimum atomic E-state index is -1.34. The quantitative estimate of drug-likeness (QED) is 0.484. The number of rotatable bonds is 7. The fourth-order valence-corrected chi connectivity index (χ4v) is 1.51. The Bertz CT molecular complexity index is 517. The zero-order chi connectivity index (χ0) is 15.3. The van der Waals surface area contributed by atoms with Gasteiger partial charge in [0.15, 0.2) is 0 Å². The van der Waals surface area contributed by atoms with Crippen LogP contribution in [0.15, 0.2) is 18.2 Å². The van der Waals surface area contributed by atoms with Crippen LogP contribution in [-0.2, 0) is 6.54 Å². The maximum atomic E-state index is 10.9. The van der Waals surface area contributed by atoms with E-state index in [4.69, 9.17) is 5.11 Å². The first-order valence-electron chi connectivity index (χ1n) is 5.72. The van der Waals surface area contributed by atoms with Crippen LogP contribution in [0.4, 0.5) is 11.4 Å². The van der Waals surface area contributed by atoms with Crippen molar-refractivity contribution in [3.8, 4) is 0 Å². The lowest BCUT2D eigenvalue weighted by atomic mass is 10.1. The first kappa shape index (κ1) is 16.0. The molecule has 20 heavy (non-hydrogen) atoms. The Hall–Kier alpha value is -2.10. The molecule has 0 bridgehead atoms. The molecule has 0 aliphatic carbocycles. The van der Waals surface area contributed by atoms with Gasteiger partial charge in [0, 0.05) is 24.7 Å². The van der Waals surface area contributed by atoms with Gasteiger partial charge in [0.05, 0.1) is 28.1 Å². The van der Waals surface area contributed by atoms with E-state index in [2.05, 4.69) is 5.32 Å². The monoisotopic (exact) mass is 285 g/mol. The van der Waals surface area contributed by atoms with Crippen LogP contribution in [0, 0.1) is 20.2 Å². The summed E-state index contributed by atoms with van der Waals surface area (Å²) in [5.41, 5.74) is -1.80. The van der Waals surface area contributed by atoms with Crippen molar-refractivity contribution >= 4 is 11.4 Å². The average Bonchev–Trinajstić information content (AvgIpc) is 2.38. The average molecular weight is 285 g/mol. The molecule has 0 spiro atoms. The predicted octanol–water partition coefficient (Wildman–Crippen LogP) is 0.336. The van der Waals surface area contributed by atoms with Crippen LogP contribution in [0.1, 0.15) is 12.5 Å². The molecule has 1 atom stereocenters. The van der Waals surface area contributed by atoms with Gasteiger partial charge in [-0.15, -0.1) is 0 Å². The molecule has 1 aromatic rings. The molecule has 0 heterocycles. The third-order valence-corrected chi connectivity index (χ3v) is 2.64. The molecule has 0 saturated carbocycles. The van der Waals surface area contributed by atoms with Crippen LogP contribution in [0.2, 0.25) is 0 Å². The summed E-state index contributed by atoms with van der Waals surface area (Å²) < 4.78 is 0. The van der Waals surface area contributed by atoms with Gasteiger partial charge in [-0.05, 0) is 13.0 Å². The zero-order valence-corrected chi connectivity index (χ0v) is 10.8. The molecule has 0 aliphatic heterocycles. The van der Waals surface area contributed by atoms with E-state index in [0.717, 1.165) is 6.07 Å². The second-order valence-electron chi connectivity index (χ2n) is 4.59. The SMILES string of the molecule is CC(O)(CO)CNCc1ccc([N+](=O)[O-])cc1[N+](=O)[O-]. The molecule has 110 valence electrons. The number of nitrogens with zero attached hydrogens (tertiary/aromatic N) is 2. The number of nitro benzene ring substituents is 2. The van der Waals surface area contributed by atoms with Gasteiger partial charge in [-0.3, -0.25) is 20.2 Å². The Morgan fingerprint density at radius 2 is 1.95 bits per heavy atom. The highest BCUT2D eigenvalue weighted by molar-refractivity contribution is 5.49. The van der Waals surface area contributed by atoms with E-state index in [0.29, 0.717) is 0 Å². The maximum absolute atomic E-state index is 10.9. The van der Waals surface area contributed by atoms with Crippen molar-refractivity contribution in [3.63, 3.8) is 0 Å². The zero-order valence-electron chi connectivity index (χ0n) is 10.8. The normalized spacial score (nSPS) is 13.8. The van der Waals surface area contributed by atoms with Crippen molar-refractivity contribution in [2.45, 2.75) is 19.1 Å². The van der Waals surface area contributed by atoms with Gasteiger partial charge in [0.1, 0.15) is 0 Å². The van der Waals surface area contributed by atoms with Crippen LogP contribution in [-0.4, -0.2) is 38.8 Å². The third kappa shape index (κ3) is 4.23. The van der Waals surface area contributed by atoms with Crippen LogP contribution in [0.5, 0.6) is 0 Å². The molecule has 1 rings (SSSR count). The van der Waals surface area contributed by atoms with Gasteiger partial charge < -0.3 is 15.5 Å². The van der Waals surface area contributed by atoms with Gasteiger partial charge in [0.25, 0.3) is 11.4 Å². The second-order valence-corrected chi connectivity index (χ2v) is 4.59. The lowest BCUT2D eigenvalue weighted by molar-refractivity contribution is -0.394. The molecule has 9 heteroatoms. The number of non-ortho nitro benzene ring substituents is 1. The molecule has 1 aromatic carbocycles. The highest BCUT2D eigenvalue weighted by atomic mass is 16.6.